The lowest BCUT2D eigenvalue weighted by Crippen LogP contribution is -2.26. The molecular weight excluding hydrogens is 368 g/mol. The van der Waals surface area contributed by atoms with Crippen LogP contribution >= 0.6 is 0 Å². The van der Waals surface area contributed by atoms with Crippen LogP contribution in [0.5, 0.6) is 11.5 Å². The number of nitrogens with one attached hydrogen (secondary N) is 2. The Labute approximate surface area is 158 Å². The minimum absolute atomic E-state index is 0.180. The monoisotopic (exact) mass is 390 g/mol. The van der Waals surface area contributed by atoms with Gasteiger partial charge in [-0.2, -0.15) is 0 Å². The Morgan fingerprint density at radius 1 is 1.11 bits per heavy atom. The molecule has 1 aliphatic heterocycles. The molecule has 1 atom stereocenters. The topological polar surface area (TPSA) is 93.7 Å². The van der Waals surface area contributed by atoms with Crippen LogP contribution < -0.4 is 19.5 Å². The largest absolute Gasteiger partial charge is 0.454 e. The van der Waals surface area contributed by atoms with Crippen LogP contribution in [0.25, 0.3) is 0 Å². The van der Waals surface area contributed by atoms with E-state index in [0.717, 1.165) is 17.4 Å². The van der Waals surface area contributed by atoms with Gasteiger partial charge in [0.05, 0.1) is 12.3 Å². The van der Waals surface area contributed by atoms with Crippen LogP contribution in [0.1, 0.15) is 34.5 Å². The zero-order chi connectivity index (χ0) is 19.4. The second-order valence-electron chi connectivity index (χ2n) is 6.42. The second kappa shape index (κ2) is 7.98. The molecule has 0 saturated heterocycles. The van der Waals surface area contributed by atoms with Crippen LogP contribution in [0.2, 0.25) is 0 Å². The highest BCUT2D eigenvalue weighted by molar-refractivity contribution is 7.88. The van der Waals surface area contributed by atoms with Gasteiger partial charge in [0.1, 0.15) is 0 Å². The van der Waals surface area contributed by atoms with Gasteiger partial charge in [-0.3, -0.25) is 4.79 Å². The highest BCUT2D eigenvalue weighted by Crippen LogP contribution is 2.34. The molecule has 7 nitrogen and oxygen atoms in total. The number of hydrogen-bond donors (Lipinski definition) is 2. The van der Waals surface area contributed by atoms with Crippen LogP contribution in [0.3, 0.4) is 0 Å². The Kier molecular flexibility index (Phi) is 5.67. The zero-order valence-electron chi connectivity index (χ0n) is 15.2. The summed E-state index contributed by atoms with van der Waals surface area (Å²) in [5.74, 6) is 1.21. The van der Waals surface area contributed by atoms with Crippen molar-refractivity contribution in [3.05, 3.63) is 59.2 Å². The van der Waals surface area contributed by atoms with E-state index in [1.54, 1.807) is 12.1 Å². The maximum Gasteiger partial charge on any atom is 0.251 e. The first-order chi connectivity index (χ1) is 12.8. The Bertz CT molecular complexity index is 926. The minimum Gasteiger partial charge on any atom is -0.454 e. The predicted molar refractivity (Wildman–Crippen MR) is 101 cm³/mol. The summed E-state index contributed by atoms with van der Waals surface area (Å²) < 4.78 is 35.2. The summed E-state index contributed by atoms with van der Waals surface area (Å²) >= 11 is 0. The van der Waals surface area contributed by atoms with E-state index in [4.69, 9.17) is 9.47 Å². The standard InChI is InChI=1S/C19H22N2O5S/c1-13(16-7-8-17-18(11-16)26-12-25-17)21-19(22)15-5-3-14(4-6-15)9-10-20-27(2,23)24/h3-8,11,13,20H,9-10,12H2,1-2H3,(H,21,22). The van der Waals surface area contributed by atoms with Gasteiger partial charge in [0.2, 0.25) is 16.8 Å². The molecule has 27 heavy (non-hydrogen) atoms. The molecule has 1 unspecified atom stereocenters. The molecule has 0 aliphatic carbocycles. The summed E-state index contributed by atoms with van der Waals surface area (Å²) in [5.41, 5.74) is 2.42. The quantitative estimate of drug-likeness (QED) is 0.754. The summed E-state index contributed by atoms with van der Waals surface area (Å²) in [6, 6.07) is 12.5. The van der Waals surface area contributed by atoms with Crippen molar-refractivity contribution >= 4 is 15.9 Å². The number of amides is 1. The van der Waals surface area contributed by atoms with E-state index in [0.29, 0.717) is 30.0 Å². The fraction of sp³-hybridized carbons (Fsp3) is 0.316. The normalized spacial score (nSPS) is 14.0. The summed E-state index contributed by atoms with van der Waals surface area (Å²) in [6.45, 7) is 2.44. The van der Waals surface area contributed by atoms with Crippen LogP contribution in [-0.2, 0) is 16.4 Å². The van der Waals surface area contributed by atoms with Crippen molar-refractivity contribution in [1.82, 2.24) is 10.0 Å². The van der Waals surface area contributed by atoms with Gasteiger partial charge < -0.3 is 14.8 Å². The fourth-order valence-electron chi connectivity index (χ4n) is 2.75. The van der Waals surface area contributed by atoms with Crippen molar-refractivity contribution in [2.24, 2.45) is 0 Å². The Balaban J connectivity index is 1.57. The molecule has 1 aliphatic rings. The lowest BCUT2D eigenvalue weighted by molar-refractivity contribution is 0.0939. The van der Waals surface area contributed by atoms with E-state index in [1.807, 2.05) is 37.3 Å². The molecule has 2 aromatic rings. The maximum absolute atomic E-state index is 12.5. The number of ether oxygens (including phenoxy) is 2. The molecule has 0 radical (unpaired) electrons. The van der Waals surface area contributed by atoms with E-state index in [1.165, 1.54) is 0 Å². The Morgan fingerprint density at radius 2 is 1.81 bits per heavy atom. The van der Waals surface area contributed by atoms with Gasteiger partial charge >= 0.3 is 0 Å². The van der Waals surface area contributed by atoms with Gasteiger partial charge in [-0.05, 0) is 48.7 Å². The van der Waals surface area contributed by atoms with Crippen molar-refractivity contribution in [3.8, 4) is 11.5 Å². The third-order valence-electron chi connectivity index (χ3n) is 4.24. The third kappa shape index (κ3) is 5.21. The number of carbonyl (C=O) groups is 1. The number of rotatable bonds is 7. The first kappa shape index (κ1) is 19.2. The van der Waals surface area contributed by atoms with Crippen molar-refractivity contribution in [1.29, 1.82) is 0 Å². The average Bonchev–Trinajstić information content (AvgIpc) is 3.08. The zero-order valence-corrected chi connectivity index (χ0v) is 16.0. The first-order valence-electron chi connectivity index (χ1n) is 8.56. The molecule has 144 valence electrons. The van der Waals surface area contributed by atoms with E-state index >= 15 is 0 Å². The van der Waals surface area contributed by atoms with Crippen LogP contribution in [0.4, 0.5) is 0 Å². The average molecular weight is 390 g/mol. The Morgan fingerprint density at radius 3 is 2.52 bits per heavy atom. The molecule has 2 N–H and O–H groups in total. The van der Waals surface area contributed by atoms with Gasteiger partial charge in [-0.15, -0.1) is 0 Å². The number of carbonyl (C=O) groups excluding carboxylic acids is 1. The number of fused-ring (bicyclic) bond motifs is 1. The highest BCUT2D eigenvalue weighted by atomic mass is 32.2. The lowest BCUT2D eigenvalue weighted by Gasteiger charge is -2.15. The maximum atomic E-state index is 12.5. The summed E-state index contributed by atoms with van der Waals surface area (Å²) in [7, 11) is -3.19. The van der Waals surface area contributed by atoms with Crippen molar-refractivity contribution in [2.45, 2.75) is 19.4 Å². The smallest absolute Gasteiger partial charge is 0.251 e. The molecule has 3 rings (SSSR count). The molecular formula is C19H22N2O5S. The molecule has 1 amide bonds. The van der Waals surface area contributed by atoms with Gasteiger partial charge in [0, 0.05) is 12.1 Å². The molecule has 1 heterocycles. The fourth-order valence-corrected chi connectivity index (χ4v) is 3.22. The minimum atomic E-state index is -3.19. The highest BCUT2D eigenvalue weighted by Gasteiger charge is 2.17. The Hall–Kier alpha value is -2.58. The van der Waals surface area contributed by atoms with Crippen LogP contribution in [-0.4, -0.2) is 33.9 Å². The number of benzene rings is 2. The first-order valence-corrected chi connectivity index (χ1v) is 10.4. The molecule has 0 fully saturated rings. The molecule has 0 saturated carbocycles. The van der Waals surface area contributed by atoms with Gasteiger partial charge in [-0.1, -0.05) is 18.2 Å². The summed E-state index contributed by atoms with van der Waals surface area (Å²) in [5, 5.41) is 2.96. The molecule has 0 bridgehead atoms. The van der Waals surface area contributed by atoms with Gasteiger partial charge in [0.15, 0.2) is 11.5 Å². The van der Waals surface area contributed by atoms with Gasteiger partial charge in [-0.25, -0.2) is 13.1 Å². The predicted octanol–water partition coefficient (Wildman–Crippen LogP) is 2.00. The molecule has 0 aromatic heterocycles. The second-order valence-corrected chi connectivity index (χ2v) is 8.25. The number of hydrogen-bond acceptors (Lipinski definition) is 5. The lowest BCUT2D eigenvalue weighted by atomic mass is 10.1. The summed E-state index contributed by atoms with van der Waals surface area (Å²) in [4.78, 5) is 12.5. The van der Waals surface area contributed by atoms with E-state index in [-0.39, 0.29) is 18.7 Å². The van der Waals surface area contributed by atoms with Crippen molar-refractivity contribution < 1.29 is 22.7 Å². The SMILES string of the molecule is CC(NC(=O)c1ccc(CCNS(C)(=O)=O)cc1)c1ccc2c(c1)OCO2. The van der Waals surface area contributed by atoms with Crippen LogP contribution in [0, 0.1) is 0 Å². The van der Waals surface area contributed by atoms with Crippen molar-refractivity contribution in [2.75, 3.05) is 19.6 Å². The van der Waals surface area contributed by atoms with E-state index in [2.05, 4.69) is 10.0 Å². The molecule has 2 aromatic carbocycles. The number of sulfonamides is 1. The van der Waals surface area contributed by atoms with Crippen LogP contribution in [0.15, 0.2) is 42.5 Å². The third-order valence-corrected chi connectivity index (χ3v) is 4.97. The molecule has 0 spiro atoms. The van der Waals surface area contributed by atoms with Crippen molar-refractivity contribution in [3.63, 3.8) is 0 Å². The van der Waals surface area contributed by atoms with E-state index in [9.17, 15) is 13.2 Å². The summed E-state index contributed by atoms with van der Waals surface area (Å²) in [6.07, 6.45) is 1.68. The molecule has 8 heteroatoms. The van der Waals surface area contributed by atoms with E-state index < -0.39 is 10.0 Å². The van der Waals surface area contributed by atoms with Gasteiger partial charge in [0.25, 0.3) is 5.91 Å².